The van der Waals surface area contributed by atoms with Gasteiger partial charge in [-0.25, -0.2) is 12.7 Å². The van der Waals surface area contributed by atoms with Crippen LogP contribution in [0.25, 0.3) is 0 Å². The summed E-state index contributed by atoms with van der Waals surface area (Å²) in [7, 11) is -3.25. The molecule has 0 bridgehead atoms. The molecular formula is C12H25N3O3S2. The molecule has 3 N–H and O–H groups in total. The maximum Gasteiger partial charge on any atom is 0.214 e. The predicted molar refractivity (Wildman–Crippen MR) is 83.7 cm³/mol. The summed E-state index contributed by atoms with van der Waals surface area (Å²) in [6.45, 7) is 6.57. The van der Waals surface area contributed by atoms with E-state index in [0.717, 1.165) is 0 Å². The number of hydrogen-bond donors (Lipinski definition) is 2. The highest BCUT2D eigenvalue weighted by atomic mass is 32.2. The van der Waals surface area contributed by atoms with Crippen molar-refractivity contribution in [3.63, 3.8) is 0 Å². The molecular weight excluding hydrogens is 298 g/mol. The number of nitrogens with zero attached hydrogens (tertiary/aromatic N) is 2. The summed E-state index contributed by atoms with van der Waals surface area (Å²) in [6, 6.07) is 0. The Kier molecular flexibility index (Phi) is 5.37. The molecule has 1 rings (SSSR count). The first kappa shape index (κ1) is 17.6. The van der Waals surface area contributed by atoms with Crippen molar-refractivity contribution in [3.05, 3.63) is 0 Å². The smallest absolute Gasteiger partial charge is 0.214 e. The van der Waals surface area contributed by atoms with E-state index in [1.807, 2.05) is 27.0 Å². The van der Waals surface area contributed by atoms with Crippen molar-refractivity contribution in [3.8, 4) is 0 Å². The molecule has 118 valence electrons. The van der Waals surface area contributed by atoms with Crippen LogP contribution in [0.1, 0.15) is 33.6 Å². The topological polar surface area (TPSA) is 96.0 Å². The quantitative estimate of drug-likeness (QED) is 0.352. The van der Waals surface area contributed by atoms with Crippen molar-refractivity contribution >= 4 is 27.6 Å². The lowest BCUT2D eigenvalue weighted by Gasteiger charge is -2.39. The van der Waals surface area contributed by atoms with Gasteiger partial charge in [-0.05, 0) is 24.5 Å². The number of amidine groups is 1. The van der Waals surface area contributed by atoms with E-state index >= 15 is 0 Å². The van der Waals surface area contributed by atoms with E-state index < -0.39 is 14.8 Å². The fourth-order valence-electron chi connectivity index (χ4n) is 2.42. The lowest BCUT2D eigenvalue weighted by atomic mass is 9.96. The van der Waals surface area contributed by atoms with Crippen molar-refractivity contribution < 1.29 is 13.6 Å². The molecule has 6 nitrogen and oxygen atoms in total. The van der Waals surface area contributed by atoms with E-state index in [0.29, 0.717) is 25.9 Å². The van der Waals surface area contributed by atoms with Gasteiger partial charge >= 0.3 is 0 Å². The van der Waals surface area contributed by atoms with Gasteiger partial charge in [-0.1, -0.05) is 25.9 Å². The summed E-state index contributed by atoms with van der Waals surface area (Å²) in [5.74, 6) is 0.313. The van der Waals surface area contributed by atoms with Crippen LogP contribution in [0.4, 0.5) is 0 Å². The number of thioether (sulfide) groups is 1. The Hall–Kier alpha value is -0.470. The van der Waals surface area contributed by atoms with E-state index in [2.05, 4.69) is 5.16 Å². The number of nitrogens with two attached hydrogens (primary N) is 1. The third-order valence-electron chi connectivity index (χ3n) is 3.50. The van der Waals surface area contributed by atoms with E-state index in [-0.39, 0.29) is 17.0 Å². The van der Waals surface area contributed by atoms with E-state index in [4.69, 9.17) is 10.9 Å². The van der Waals surface area contributed by atoms with Gasteiger partial charge in [0.15, 0.2) is 5.84 Å². The van der Waals surface area contributed by atoms with Crippen LogP contribution in [0, 0.1) is 5.41 Å². The Morgan fingerprint density at radius 2 is 1.90 bits per heavy atom. The first-order chi connectivity index (χ1) is 9.06. The minimum atomic E-state index is -3.25. The van der Waals surface area contributed by atoms with Crippen molar-refractivity contribution in [2.75, 3.05) is 25.1 Å². The normalized spacial score (nSPS) is 21.9. The van der Waals surface area contributed by atoms with Gasteiger partial charge in [-0.15, -0.1) is 0 Å². The zero-order chi connectivity index (χ0) is 15.6. The molecule has 0 aromatic carbocycles. The Balaban J connectivity index is 2.80. The molecule has 1 heterocycles. The summed E-state index contributed by atoms with van der Waals surface area (Å²) in [5, 5.41) is 12.0. The molecule has 0 aromatic rings. The summed E-state index contributed by atoms with van der Waals surface area (Å²) in [4.78, 5) is 0. The van der Waals surface area contributed by atoms with Crippen LogP contribution in [0.15, 0.2) is 5.16 Å². The third kappa shape index (κ3) is 4.02. The van der Waals surface area contributed by atoms with Gasteiger partial charge in [0.05, 0.1) is 10.5 Å². The largest absolute Gasteiger partial charge is 0.409 e. The zero-order valence-corrected chi connectivity index (χ0v) is 14.2. The molecule has 0 unspecified atom stereocenters. The average Bonchev–Trinajstić information content (AvgIpc) is 2.35. The minimum Gasteiger partial charge on any atom is -0.409 e. The molecule has 20 heavy (non-hydrogen) atoms. The molecule has 0 radical (unpaired) electrons. The van der Waals surface area contributed by atoms with Crippen LogP contribution in [0.2, 0.25) is 0 Å². The van der Waals surface area contributed by atoms with Crippen molar-refractivity contribution in [2.45, 2.75) is 38.4 Å². The summed E-state index contributed by atoms with van der Waals surface area (Å²) in [5.41, 5.74) is 5.50. The Labute approximate surface area is 125 Å². The van der Waals surface area contributed by atoms with Crippen LogP contribution in [0.5, 0.6) is 0 Å². The van der Waals surface area contributed by atoms with Gasteiger partial charge in [0, 0.05) is 13.1 Å². The second kappa shape index (κ2) is 6.11. The van der Waals surface area contributed by atoms with Crippen molar-refractivity contribution in [1.82, 2.24) is 4.31 Å². The summed E-state index contributed by atoms with van der Waals surface area (Å²) in [6.07, 6.45) is 3.03. The summed E-state index contributed by atoms with van der Waals surface area (Å²) < 4.78 is 25.8. The SMILES string of the molecule is CSC1(C(N)=NO)CCN(S(=O)(=O)CC(C)(C)C)CC1. The Morgan fingerprint density at radius 3 is 2.25 bits per heavy atom. The average molecular weight is 323 g/mol. The van der Waals surface area contributed by atoms with Gasteiger partial charge < -0.3 is 10.9 Å². The second-order valence-corrected chi connectivity index (χ2v) is 9.56. The maximum absolute atomic E-state index is 12.3. The number of rotatable bonds is 4. The molecule has 1 saturated heterocycles. The van der Waals surface area contributed by atoms with Crippen LogP contribution in [-0.4, -0.2) is 53.6 Å². The molecule has 0 saturated carbocycles. The van der Waals surface area contributed by atoms with E-state index in [1.165, 1.54) is 16.1 Å². The molecule has 1 aliphatic heterocycles. The lowest BCUT2D eigenvalue weighted by Crippen LogP contribution is -2.52. The van der Waals surface area contributed by atoms with Gasteiger partial charge in [0.1, 0.15) is 0 Å². The number of hydrogen-bond acceptors (Lipinski definition) is 5. The molecule has 0 amide bonds. The summed E-state index contributed by atoms with van der Waals surface area (Å²) >= 11 is 1.51. The first-order valence-electron chi connectivity index (χ1n) is 6.57. The number of sulfonamides is 1. The molecule has 0 aliphatic carbocycles. The van der Waals surface area contributed by atoms with Gasteiger partial charge in [0.2, 0.25) is 10.0 Å². The van der Waals surface area contributed by atoms with Crippen LogP contribution >= 0.6 is 11.8 Å². The fourth-order valence-corrected chi connectivity index (χ4v) is 5.28. The zero-order valence-electron chi connectivity index (χ0n) is 12.6. The second-order valence-electron chi connectivity index (χ2n) is 6.40. The minimum absolute atomic E-state index is 0.135. The molecule has 0 atom stereocenters. The molecule has 1 fully saturated rings. The fraction of sp³-hybridized carbons (Fsp3) is 0.917. The first-order valence-corrected chi connectivity index (χ1v) is 9.41. The number of piperidine rings is 1. The monoisotopic (exact) mass is 323 g/mol. The highest BCUT2D eigenvalue weighted by Gasteiger charge is 2.41. The van der Waals surface area contributed by atoms with E-state index in [9.17, 15) is 8.42 Å². The highest BCUT2D eigenvalue weighted by Crippen LogP contribution is 2.36. The standard InChI is InChI=1S/C12H25N3O3S2/c1-11(2,3)9-20(17,18)15-7-5-12(19-4,6-8-15)10(13)14-16/h16H,5-9H2,1-4H3,(H2,13,14). The van der Waals surface area contributed by atoms with Crippen LogP contribution < -0.4 is 5.73 Å². The molecule has 0 aromatic heterocycles. The molecule has 8 heteroatoms. The number of oxime groups is 1. The van der Waals surface area contributed by atoms with Gasteiger partial charge in [-0.3, -0.25) is 0 Å². The van der Waals surface area contributed by atoms with Crippen molar-refractivity contribution in [1.29, 1.82) is 0 Å². The predicted octanol–water partition coefficient (Wildman–Crippen LogP) is 1.31. The van der Waals surface area contributed by atoms with Crippen LogP contribution in [-0.2, 0) is 10.0 Å². The highest BCUT2D eigenvalue weighted by molar-refractivity contribution is 8.00. The third-order valence-corrected chi connectivity index (χ3v) is 7.29. The van der Waals surface area contributed by atoms with Crippen molar-refractivity contribution in [2.24, 2.45) is 16.3 Å². The Bertz CT molecular complexity index is 461. The van der Waals surface area contributed by atoms with Crippen LogP contribution in [0.3, 0.4) is 0 Å². The van der Waals surface area contributed by atoms with Gasteiger partial charge in [-0.2, -0.15) is 11.8 Å². The molecule has 0 spiro atoms. The molecule has 1 aliphatic rings. The maximum atomic E-state index is 12.3. The van der Waals surface area contributed by atoms with Gasteiger partial charge in [0.25, 0.3) is 0 Å². The Morgan fingerprint density at radius 1 is 1.40 bits per heavy atom. The van der Waals surface area contributed by atoms with E-state index in [1.54, 1.807) is 0 Å². The lowest BCUT2D eigenvalue weighted by molar-refractivity contribution is 0.299.